The summed E-state index contributed by atoms with van der Waals surface area (Å²) < 4.78 is 6.16. The minimum Gasteiger partial charge on any atom is -0.488 e. The van der Waals surface area contributed by atoms with Gasteiger partial charge in [0.1, 0.15) is 12.4 Å². The zero-order valence-corrected chi connectivity index (χ0v) is 17.3. The highest BCUT2D eigenvalue weighted by atomic mass is 16.6. The molecular formula is C24H22N4O3. The van der Waals surface area contributed by atoms with E-state index in [1.54, 1.807) is 18.3 Å². The molecule has 0 aliphatic heterocycles. The summed E-state index contributed by atoms with van der Waals surface area (Å²) in [5.74, 6) is 1.14. The van der Waals surface area contributed by atoms with E-state index in [0.717, 1.165) is 22.0 Å². The number of nitro benzene ring substituents is 1. The van der Waals surface area contributed by atoms with Crippen LogP contribution in [0, 0.1) is 10.1 Å². The van der Waals surface area contributed by atoms with Crippen molar-refractivity contribution in [2.75, 3.05) is 5.32 Å². The Balaban J connectivity index is 1.79. The van der Waals surface area contributed by atoms with Gasteiger partial charge in [-0.25, -0.2) is 9.97 Å². The summed E-state index contributed by atoms with van der Waals surface area (Å²) >= 11 is 0. The fraction of sp³-hybridized carbons (Fsp3) is 0.167. The maximum atomic E-state index is 11.3. The molecule has 1 aromatic heterocycles. The van der Waals surface area contributed by atoms with E-state index < -0.39 is 4.92 Å². The van der Waals surface area contributed by atoms with Gasteiger partial charge in [0.2, 0.25) is 5.95 Å². The smallest absolute Gasteiger partial charge is 0.270 e. The van der Waals surface area contributed by atoms with E-state index in [9.17, 15) is 10.1 Å². The maximum absolute atomic E-state index is 11.3. The summed E-state index contributed by atoms with van der Waals surface area (Å²) in [6, 6.07) is 20.3. The standard InChI is InChI=1S/C24H22N4O3/c1-16(2)26-24-25-14-19-12-21(18-9-6-10-20(11-18)28(29)30)23(13-22(19)27-24)31-15-17-7-4-3-5-8-17/h3-14,16H,15H2,1-2H3,(H,25,26,27). The second kappa shape index (κ2) is 8.79. The van der Waals surface area contributed by atoms with Crippen molar-refractivity contribution in [3.8, 4) is 16.9 Å². The van der Waals surface area contributed by atoms with Crippen LogP contribution in [0.3, 0.4) is 0 Å². The fourth-order valence-corrected chi connectivity index (χ4v) is 3.25. The van der Waals surface area contributed by atoms with Crippen LogP contribution in [-0.4, -0.2) is 20.9 Å². The highest BCUT2D eigenvalue weighted by Gasteiger charge is 2.14. The third-order valence-corrected chi connectivity index (χ3v) is 4.70. The Bertz CT molecular complexity index is 1230. The second-order valence-corrected chi connectivity index (χ2v) is 7.48. The lowest BCUT2D eigenvalue weighted by molar-refractivity contribution is -0.384. The minimum absolute atomic E-state index is 0.0272. The summed E-state index contributed by atoms with van der Waals surface area (Å²) in [5.41, 5.74) is 3.23. The lowest BCUT2D eigenvalue weighted by Crippen LogP contribution is -2.12. The monoisotopic (exact) mass is 414 g/mol. The van der Waals surface area contributed by atoms with Crippen LogP contribution < -0.4 is 10.1 Å². The van der Waals surface area contributed by atoms with Gasteiger partial charge in [0.05, 0.1) is 10.4 Å². The van der Waals surface area contributed by atoms with E-state index in [4.69, 9.17) is 4.74 Å². The number of anilines is 1. The predicted molar refractivity (Wildman–Crippen MR) is 121 cm³/mol. The molecule has 3 aromatic carbocycles. The van der Waals surface area contributed by atoms with Crippen LogP contribution in [0.2, 0.25) is 0 Å². The third kappa shape index (κ3) is 4.78. The van der Waals surface area contributed by atoms with E-state index in [2.05, 4.69) is 15.3 Å². The number of aromatic nitrogens is 2. The van der Waals surface area contributed by atoms with Crippen molar-refractivity contribution in [2.45, 2.75) is 26.5 Å². The van der Waals surface area contributed by atoms with Crippen LogP contribution in [0.15, 0.2) is 72.9 Å². The van der Waals surface area contributed by atoms with E-state index >= 15 is 0 Å². The number of nitrogens with one attached hydrogen (secondary N) is 1. The second-order valence-electron chi connectivity index (χ2n) is 7.48. The summed E-state index contributed by atoms with van der Waals surface area (Å²) in [7, 11) is 0. The van der Waals surface area contributed by atoms with Crippen LogP contribution in [-0.2, 0) is 6.61 Å². The number of nitro groups is 1. The molecule has 7 nitrogen and oxygen atoms in total. The highest BCUT2D eigenvalue weighted by Crippen LogP contribution is 2.36. The molecule has 156 valence electrons. The molecule has 1 N–H and O–H groups in total. The van der Waals surface area contributed by atoms with Gasteiger partial charge in [0.15, 0.2) is 0 Å². The van der Waals surface area contributed by atoms with Gasteiger partial charge in [-0.2, -0.15) is 0 Å². The van der Waals surface area contributed by atoms with Gasteiger partial charge in [0, 0.05) is 41.4 Å². The molecule has 0 radical (unpaired) electrons. The number of benzene rings is 3. The topological polar surface area (TPSA) is 90.2 Å². The van der Waals surface area contributed by atoms with Crippen molar-refractivity contribution in [1.82, 2.24) is 9.97 Å². The van der Waals surface area contributed by atoms with E-state index in [0.29, 0.717) is 23.9 Å². The predicted octanol–water partition coefficient (Wildman–Crippen LogP) is 5.60. The molecule has 0 amide bonds. The molecule has 1 heterocycles. The number of non-ortho nitro benzene ring substituents is 1. The molecule has 0 spiro atoms. The van der Waals surface area contributed by atoms with Crippen LogP contribution >= 0.6 is 0 Å². The Morgan fingerprint density at radius 3 is 2.61 bits per heavy atom. The summed E-state index contributed by atoms with van der Waals surface area (Å²) in [4.78, 5) is 19.8. The molecule has 0 fully saturated rings. The van der Waals surface area contributed by atoms with Crippen molar-refractivity contribution < 1.29 is 9.66 Å². The van der Waals surface area contributed by atoms with Gasteiger partial charge >= 0.3 is 0 Å². The van der Waals surface area contributed by atoms with Crippen molar-refractivity contribution in [1.29, 1.82) is 0 Å². The molecule has 4 aromatic rings. The molecule has 7 heteroatoms. The number of fused-ring (bicyclic) bond motifs is 1. The average molecular weight is 414 g/mol. The summed E-state index contributed by atoms with van der Waals surface area (Å²) in [6.45, 7) is 4.41. The van der Waals surface area contributed by atoms with Crippen LogP contribution in [0.5, 0.6) is 5.75 Å². The lowest BCUT2D eigenvalue weighted by atomic mass is 10.0. The minimum atomic E-state index is -0.401. The van der Waals surface area contributed by atoms with Crippen molar-refractivity contribution in [3.05, 3.63) is 88.6 Å². The Labute approximate surface area is 179 Å². The number of hydrogen-bond acceptors (Lipinski definition) is 6. The van der Waals surface area contributed by atoms with Crippen molar-refractivity contribution in [2.24, 2.45) is 0 Å². The van der Waals surface area contributed by atoms with Gasteiger partial charge in [-0.05, 0) is 31.0 Å². The average Bonchev–Trinajstić information content (AvgIpc) is 2.77. The zero-order valence-electron chi connectivity index (χ0n) is 17.3. The summed E-state index contributed by atoms with van der Waals surface area (Å²) in [5, 5.41) is 15.3. The number of rotatable bonds is 7. The molecule has 4 rings (SSSR count). The molecule has 0 saturated heterocycles. The Kier molecular flexibility index (Phi) is 5.75. The van der Waals surface area contributed by atoms with Crippen LogP contribution in [0.1, 0.15) is 19.4 Å². The number of nitrogens with zero attached hydrogens (tertiary/aromatic N) is 3. The largest absolute Gasteiger partial charge is 0.488 e. The first kappa shape index (κ1) is 20.3. The molecule has 0 atom stereocenters. The molecule has 0 bridgehead atoms. The van der Waals surface area contributed by atoms with E-state index in [1.165, 1.54) is 6.07 Å². The molecule has 31 heavy (non-hydrogen) atoms. The number of hydrogen-bond donors (Lipinski definition) is 1. The normalized spacial score (nSPS) is 10.9. The fourth-order valence-electron chi connectivity index (χ4n) is 3.25. The van der Waals surface area contributed by atoms with Gasteiger partial charge in [-0.15, -0.1) is 0 Å². The first-order chi connectivity index (χ1) is 15.0. The van der Waals surface area contributed by atoms with Crippen LogP contribution in [0.25, 0.3) is 22.0 Å². The Morgan fingerprint density at radius 2 is 1.87 bits per heavy atom. The highest BCUT2D eigenvalue weighted by molar-refractivity contribution is 5.88. The van der Waals surface area contributed by atoms with E-state index in [-0.39, 0.29) is 11.7 Å². The maximum Gasteiger partial charge on any atom is 0.270 e. The number of ether oxygens (including phenoxy) is 1. The van der Waals surface area contributed by atoms with Gasteiger partial charge < -0.3 is 10.1 Å². The molecule has 0 saturated carbocycles. The van der Waals surface area contributed by atoms with Crippen LogP contribution in [0.4, 0.5) is 11.6 Å². The first-order valence-corrected chi connectivity index (χ1v) is 9.98. The molecule has 0 aliphatic rings. The van der Waals surface area contributed by atoms with Gasteiger partial charge in [0.25, 0.3) is 5.69 Å². The quantitative estimate of drug-likeness (QED) is 0.312. The van der Waals surface area contributed by atoms with Gasteiger partial charge in [-0.3, -0.25) is 10.1 Å². The first-order valence-electron chi connectivity index (χ1n) is 9.98. The Hall–Kier alpha value is -4.00. The lowest BCUT2D eigenvalue weighted by Gasteiger charge is -2.14. The van der Waals surface area contributed by atoms with Crippen molar-refractivity contribution >= 4 is 22.5 Å². The third-order valence-electron chi connectivity index (χ3n) is 4.70. The summed E-state index contributed by atoms with van der Waals surface area (Å²) in [6.07, 6.45) is 1.74. The van der Waals surface area contributed by atoms with Gasteiger partial charge in [-0.1, -0.05) is 42.5 Å². The SMILES string of the molecule is CC(C)Nc1ncc2cc(-c3cccc([N+](=O)[O-])c3)c(OCc3ccccc3)cc2n1. The molecule has 0 unspecified atom stereocenters. The van der Waals surface area contributed by atoms with E-state index in [1.807, 2.05) is 62.4 Å². The molecular weight excluding hydrogens is 392 g/mol. The molecule has 0 aliphatic carbocycles. The van der Waals surface area contributed by atoms with Crippen molar-refractivity contribution in [3.63, 3.8) is 0 Å². The Morgan fingerprint density at radius 1 is 1.06 bits per heavy atom. The zero-order chi connectivity index (χ0) is 21.8.